The van der Waals surface area contributed by atoms with E-state index in [0.29, 0.717) is 17.6 Å². The molecule has 10 aromatic rings. The molecule has 0 bridgehead atoms. The normalized spacial score (nSPS) is 11.6. The van der Waals surface area contributed by atoms with Crippen molar-refractivity contribution in [2.75, 3.05) is 0 Å². The molecule has 0 unspecified atom stereocenters. The van der Waals surface area contributed by atoms with Gasteiger partial charge < -0.3 is 0 Å². The van der Waals surface area contributed by atoms with Gasteiger partial charge in [-0.15, -0.1) is 0 Å². The van der Waals surface area contributed by atoms with Crippen LogP contribution in [-0.4, -0.2) is 29.1 Å². The highest BCUT2D eigenvalue weighted by atomic mass is 15.2. The van der Waals surface area contributed by atoms with Crippen molar-refractivity contribution in [3.8, 4) is 45.5 Å². The van der Waals surface area contributed by atoms with E-state index in [4.69, 9.17) is 19.9 Å². The standard InChI is InChI=1S/C44H28N6/c1-4-15-29(16-5-1)41-46-42(30-17-6-2-7-18-30)48-44(47-41)50-39-26-13-10-21-34(39)36-24-14-23-33(40(36)50)31-27-37-35-22-11-12-25-38(35)49(43(37)45-28-31)32-19-8-3-9-20-32/h1-28H. The highest BCUT2D eigenvalue weighted by molar-refractivity contribution is 6.15. The molecular weight excluding hydrogens is 613 g/mol. The second-order valence-corrected chi connectivity index (χ2v) is 12.4. The zero-order chi connectivity index (χ0) is 33.0. The summed E-state index contributed by atoms with van der Waals surface area (Å²) in [6.07, 6.45) is 2.00. The Hall–Kier alpha value is -6.92. The first-order valence-corrected chi connectivity index (χ1v) is 16.7. The smallest absolute Gasteiger partial charge is 0.238 e. The molecule has 234 valence electrons. The molecule has 0 aliphatic rings. The zero-order valence-electron chi connectivity index (χ0n) is 26.8. The molecule has 0 saturated carbocycles. The lowest BCUT2D eigenvalue weighted by Crippen LogP contribution is -2.07. The third kappa shape index (κ3) is 4.43. The Bertz CT molecular complexity index is 2800. The van der Waals surface area contributed by atoms with Crippen molar-refractivity contribution < 1.29 is 0 Å². The molecule has 10 rings (SSSR count). The van der Waals surface area contributed by atoms with Gasteiger partial charge in [0.2, 0.25) is 5.95 Å². The summed E-state index contributed by atoms with van der Waals surface area (Å²) in [5.41, 5.74) is 9.09. The number of para-hydroxylation sites is 4. The lowest BCUT2D eigenvalue weighted by atomic mass is 10.0. The summed E-state index contributed by atoms with van der Waals surface area (Å²) in [6, 6.07) is 56.4. The maximum absolute atomic E-state index is 5.16. The number of nitrogens with zero attached hydrogens (tertiary/aromatic N) is 6. The third-order valence-electron chi connectivity index (χ3n) is 9.42. The largest absolute Gasteiger partial charge is 0.294 e. The number of benzene rings is 6. The topological polar surface area (TPSA) is 61.4 Å². The quantitative estimate of drug-likeness (QED) is 0.188. The molecule has 0 saturated heterocycles. The predicted molar refractivity (Wildman–Crippen MR) is 203 cm³/mol. The van der Waals surface area contributed by atoms with E-state index in [0.717, 1.165) is 71.7 Å². The van der Waals surface area contributed by atoms with Crippen molar-refractivity contribution >= 4 is 43.7 Å². The minimum atomic E-state index is 0.561. The molecule has 6 aromatic carbocycles. The summed E-state index contributed by atoms with van der Waals surface area (Å²) >= 11 is 0. The molecule has 0 aliphatic heterocycles. The van der Waals surface area contributed by atoms with Gasteiger partial charge in [0.05, 0.1) is 16.6 Å². The van der Waals surface area contributed by atoms with Gasteiger partial charge in [0.1, 0.15) is 5.65 Å². The van der Waals surface area contributed by atoms with Crippen LogP contribution in [0.2, 0.25) is 0 Å². The molecule has 0 radical (unpaired) electrons. The molecule has 6 nitrogen and oxygen atoms in total. The van der Waals surface area contributed by atoms with Crippen LogP contribution >= 0.6 is 0 Å². The van der Waals surface area contributed by atoms with E-state index in [1.54, 1.807) is 0 Å². The molecule has 50 heavy (non-hydrogen) atoms. The average Bonchev–Trinajstić information content (AvgIpc) is 3.71. The molecule has 0 amide bonds. The third-order valence-corrected chi connectivity index (χ3v) is 9.42. The Morgan fingerprint density at radius 1 is 0.400 bits per heavy atom. The Balaban J connectivity index is 1.27. The molecule has 4 aromatic heterocycles. The van der Waals surface area contributed by atoms with Gasteiger partial charge in [-0.25, -0.2) is 9.97 Å². The van der Waals surface area contributed by atoms with Gasteiger partial charge in [0.25, 0.3) is 0 Å². The first-order valence-electron chi connectivity index (χ1n) is 16.7. The predicted octanol–water partition coefficient (Wildman–Crippen LogP) is 10.5. The number of aromatic nitrogens is 6. The van der Waals surface area contributed by atoms with Crippen LogP contribution in [0.5, 0.6) is 0 Å². The van der Waals surface area contributed by atoms with Crippen LogP contribution in [0.1, 0.15) is 0 Å². The van der Waals surface area contributed by atoms with Gasteiger partial charge in [0, 0.05) is 55.7 Å². The van der Waals surface area contributed by atoms with Gasteiger partial charge in [-0.2, -0.15) is 9.97 Å². The monoisotopic (exact) mass is 640 g/mol. The van der Waals surface area contributed by atoms with E-state index >= 15 is 0 Å². The maximum atomic E-state index is 5.16. The lowest BCUT2D eigenvalue weighted by molar-refractivity contribution is 0.954. The Morgan fingerprint density at radius 2 is 0.940 bits per heavy atom. The number of rotatable bonds is 5. The number of hydrogen-bond donors (Lipinski definition) is 0. The molecular formula is C44H28N6. The maximum Gasteiger partial charge on any atom is 0.238 e. The summed E-state index contributed by atoms with van der Waals surface area (Å²) in [4.78, 5) is 20.4. The SMILES string of the molecule is c1ccc(-c2nc(-c3ccccc3)nc(-n3c4ccccc4c4cccc(-c5cnc6c(c5)c5ccccc5n6-c5ccccc5)c43)n2)cc1. The molecule has 6 heteroatoms. The van der Waals surface area contributed by atoms with Gasteiger partial charge in [-0.3, -0.25) is 9.13 Å². The van der Waals surface area contributed by atoms with E-state index in [-0.39, 0.29) is 0 Å². The van der Waals surface area contributed by atoms with Gasteiger partial charge in [-0.05, 0) is 30.3 Å². The number of pyridine rings is 1. The molecule has 4 heterocycles. The van der Waals surface area contributed by atoms with Gasteiger partial charge >= 0.3 is 0 Å². The lowest BCUT2D eigenvalue weighted by Gasteiger charge is -2.13. The van der Waals surface area contributed by atoms with Crippen LogP contribution in [-0.2, 0) is 0 Å². The second kappa shape index (κ2) is 11.4. The number of fused-ring (bicyclic) bond motifs is 6. The van der Waals surface area contributed by atoms with Crippen molar-refractivity contribution in [3.63, 3.8) is 0 Å². The van der Waals surface area contributed by atoms with Crippen LogP contribution in [0.15, 0.2) is 170 Å². The Kier molecular flexibility index (Phi) is 6.39. The summed E-state index contributed by atoms with van der Waals surface area (Å²) < 4.78 is 4.44. The second-order valence-electron chi connectivity index (χ2n) is 12.4. The average molecular weight is 641 g/mol. The van der Waals surface area contributed by atoms with Crippen molar-refractivity contribution in [1.29, 1.82) is 0 Å². The first-order chi connectivity index (χ1) is 24.8. The fourth-order valence-corrected chi connectivity index (χ4v) is 7.19. The van der Waals surface area contributed by atoms with Crippen molar-refractivity contribution in [1.82, 2.24) is 29.1 Å². The molecule has 0 fully saturated rings. The van der Waals surface area contributed by atoms with Gasteiger partial charge in [-0.1, -0.05) is 133 Å². The van der Waals surface area contributed by atoms with Crippen LogP contribution in [0.4, 0.5) is 0 Å². The van der Waals surface area contributed by atoms with Gasteiger partial charge in [0.15, 0.2) is 11.6 Å². The number of hydrogen-bond acceptors (Lipinski definition) is 4. The highest BCUT2D eigenvalue weighted by Gasteiger charge is 2.21. The minimum absolute atomic E-state index is 0.561. The van der Waals surface area contributed by atoms with Crippen LogP contribution in [0.25, 0.3) is 89.3 Å². The van der Waals surface area contributed by atoms with E-state index in [2.05, 4.69) is 106 Å². The Labute approximate surface area is 287 Å². The van der Waals surface area contributed by atoms with E-state index < -0.39 is 0 Å². The summed E-state index contributed by atoms with van der Waals surface area (Å²) in [5.74, 6) is 1.80. The van der Waals surface area contributed by atoms with Crippen molar-refractivity contribution in [2.24, 2.45) is 0 Å². The fourth-order valence-electron chi connectivity index (χ4n) is 7.19. The minimum Gasteiger partial charge on any atom is -0.294 e. The molecule has 0 aliphatic carbocycles. The van der Waals surface area contributed by atoms with E-state index in [1.807, 2.05) is 72.9 Å². The van der Waals surface area contributed by atoms with E-state index in [9.17, 15) is 0 Å². The molecule has 0 atom stereocenters. The molecule has 0 spiro atoms. The summed E-state index contributed by atoms with van der Waals surface area (Å²) in [5, 5.41) is 4.50. The van der Waals surface area contributed by atoms with Crippen LogP contribution in [0.3, 0.4) is 0 Å². The van der Waals surface area contributed by atoms with E-state index in [1.165, 1.54) is 0 Å². The summed E-state index contributed by atoms with van der Waals surface area (Å²) in [7, 11) is 0. The zero-order valence-corrected chi connectivity index (χ0v) is 26.8. The first kappa shape index (κ1) is 28.1. The molecule has 0 N–H and O–H groups in total. The van der Waals surface area contributed by atoms with Crippen molar-refractivity contribution in [2.45, 2.75) is 0 Å². The summed E-state index contributed by atoms with van der Waals surface area (Å²) in [6.45, 7) is 0. The van der Waals surface area contributed by atoms with Crippen molar-refractivity contribution in [3.05, 3.63) is 170 Å². The Morgan fingerprint density at radius 3 is 1.60 bits per heavy atom. The van der Waals surface area contributed by atoms with Crippen LogP contribution in [0, 0.1) is 0 Å². The highest BCUT2D eigenvalue weighted by Crippen LogP contribution is 2.40. The fraction of sp³-hybridized carbons (Fsp3) is 0. The van der Waals surface area contributed by atoms with Crippen LogP contribution < -0.4 is 0 Å².